The molecule has 0 spiro atoms. The normalized spacial score (nSPS) is 10.9. The van der Waals surface area contributed by atoms with E-state index in [1.54, 1.807) is 42.6 Å². The molecule has 3 aromatic heterocycles. The number of ether oxygens (including phenoxy) is 1. The molecule has 0 radical (unpaired) electrons. The molecule has 0 aliphatic rings. The van der Waals surface area contributed by atoms with Crippen molar-refractivity contribution >= 4 is 28.4 Å². The Kier molecular flexibility index (Phi) is 5.72. The molecule has 8 nitrogen and oxygen atoms in total. The Hall–Kier alpha value is -4.92. The Labute approximate surface area is 198 Å². The van der Waals surface area contributed by atoms with E-state index in [-0.39, 0.29) is 18.0 Å². The summed E-state index contributed by atoms with van der Waals surface area (Å²) in [6, 6.07) is 17.2. The van der Waals surface area contributed by atoms with Gasteiger partial charge in [-0.3, -0.25) is 14.2 Å². The second-order valence-corrected chi connectivity index (χ2v) is 7.69. The van der Waals surface area contributed by atoms with E-state index in [9.17, 15) is 14.0 Å². The van der Waals surface area contributed by atoms with Crippen LogP contribution >= 0.6 is 0 Å². The van der Waals surface area contributed by atoms with Gasteiger partial charge in [0.2, 0.25) is 5.75 Å². The molecule has 3 N–H and O–H groups in total. The van der Waals surface area contributed by atoms with Crippen molar-refractivity contribution < 1.29 is 18.3 Å². The number of fused-ring (bicyclic) bond motifs is 1. The molecule has 174 valence electrons. The summed E-state index contributed by atoms with van der Waals surface area (Å²) in [7, 11) is 0. The summed E-state index contributed by atoms with van der Waals surface area (Å²) in [5.74, 6) is -0.376. The summed E-state index contributed by atoms with van der Waals surface area (Å²) in [6.45, 7) is 0.209. The van der Waals surface area contributed by atoms with E-state index < -0.39 is 17.3 Å². The van der Waals surface area contributed by atoms with Crippen molar-refractivity contribution in [2.75, 3.05) is 11.1 Å². The van der Waals surface area contributed by atoms with E-state index in [4.69, 9.17) is 14.9 Å². The van der Waals surface area contributed by atoms with Gasteiger partial charge in [0.25, 0.3) is 11.5 Å². The van der Waals surface area contributed by atoms with Crippen LogP contribution in [0.2, 0.25) is 0 Å². The second-order valence-electron chi connectivity index (χ2n) is 7.69. The van der Waals surface area contributed by atoms with Gasteiger partial charge in [0, 0.05) is 29.2 Å². The number of carbonyl (C=O) groups excluding carboxylic acids is 1. The molecule has 0 fully saturated rings. The lowest BCUT2D eigenvalue weighted by atomic mass is 10.2. The maximum Gasteiger partial charge on any atom is 0.267 e. The molecule has 0 unspecified atom stereocenters. The molecule has 0 saturated heterocycles. The predicted molar refractivity (Wildman–Crippen MR) is 129 cm³/mol. The molecular formula is C26H19FN4O4. The number of furan rings is 1. The Balaban J connectivity index is 1.28. The van der Waals surface area contributed by atoms with Crippen molar-refractivity contribution in [1.29, 1.82) is 0 Å². The van der Waals surface area contributed by atoms with Crippen LogP contribution in [-0.4, -0.2) is 15.5 Å². The molecule has 2 aromatic carbocycles. The first-order valence-electron chi connectivity index (χ1n) is 10.6. The van der Waals surface area contributed by atoms with Crippen LogP contribution in [0.3, 0.4) is 0 Å². The molecule has 0 aliphatic heterocycles. The highest BCUT2D eigenvalue weighted by atomic mass is 19.1. The number of benzene rings is 2. The molecule has 35 heavy (non-hydrogen) atoms. The van der Waals surface area contributed by atoms with E-state index in [2.05, 4.69) is 10.3 Å². The summed E-state index contributed by atoms with van der Waals surface area (Å²) in [4.78, 5) is 29.7. The molecule has 0 atom stereocenters. The summed E-state index contributed by atoms with van der Waals surface area (Å²) in [5.41, 5.74) is 7.67. The fourth-order valence-electron chi connectivity index (χ4n) is 3.57. The highest BCUT2D eigenvalue weighted by Gasteiger charge is 2.14. The maximum absolute atomic E-state index is 13.2. The third-order valence-electron chi connectivity index (χ3n) is 5.37. The molecule has 5 rings (SSSR count). The molecule has 5 aromatic rings. The average Bonchev–Trinajstić information content (AvgIpc) is 3.34. The summed E-state index contributed by atoms with van der Waals surface area (Å²) in [5, 5.41) is 3.50. The van der Waals surface area contributed by atoms with Gasteiger partial charge in [-0.25, -0.2) is 9.37 Å². The zero-order valence-corrected chi connectivity index (χ0v) is 18.3. The SMILES string of the molecule is Nc1ncc2ccoc2c1OCc1ccc(NC(=O)c2cccn(-c3ccc(F)cc3)c2=O)cc1. The number of nitrogens with zero attached hydrogens (tertiary/aromatic N) is 2. The highest BCUT2D eigenvalue weighted by Crippen LogP contribution is 2.31. The van der Waals surface area contributed by atoms with Crippen molar-refractivity contribution in [1.82, 2.24) is 9.55 Å². The lowest BCUT2D eigenvalue weighted by molar-refractivity contribution is 0.102. The van der Waals surface area contributed by atoms with Crippen molar-refractivity contribution in [3.05, 3.63) is 113 Å². The van der Waals surface area contributed by atoms with Crippen molar-refractivity contribution in [2.45, 2.75) is 6.61 Å². The summed E-state index contributed by atoms with van der Waals surface area (Å²) in [6.07, 6.45) is 4.67. The summed E-state index contributed by atoms with van der Waals surface area (Å²) < 4.78 is 25.8. The third kappa shape index (κ3) is 4.47. The van der Waals surface area contributed by atoms with Crippen LogP contribution in [0.25, 0.3) is 16.7 Å². The van der Waals surface area contributed by atoms with Crippen LogP contribution in [0.5, 0.6) is 5.75 Å². The molecule has 0 saturated carbocycles. The minimum Gasteiger partial charge on any atom is -0.482 e. The quantitative estimate of drug-likeness (QED) is 0.377. The maximum atomic E-state index is 13.2. The number of nitrogen functional groups attached to an aromatic ring is 1. The lowest BCUT2D eigenvalue weighted by Crippen LogP contribution is -2.27. The number of rotatable bonds is 6. The fraction of sp³-hybridized carbons (Fsp3) is 0.0385. The van der Waals surface area contributed by atoms with Crippen molar-refractivity contribution in [2.24, 2.45) is 0 Å². The number of nitrogens with one attached hydrogen (secondary N) is 1. The van der Waals surface area contributed by atoms with Crippen LogP contribution in [-0.2, 0) is 6.61 Å². The van der Waals surface area contributed by atoms with Gasteiger partial charge in [-0.15, -0.1) is 0 Å². The van der Waals surface area contributed by atoms with E-state index >= 15 is 0 Å². The minimum absolute atomic E-state index is 0.0428. The van der Waals surface area contributed by atoms with Gasteiger partial charge in [0.05, 0.1) is 6.26 Å². The predicted octanol–water partition coefficient (Wildman–Crippen LogP) is 4.53. The van der Waals surface area contributed by atoms with E-state index in [0.717, 1.165) is 10.9 Å². The number of amides is 1. The highest BCUT2D eigenvalue weighted by molar-refractivity contribution is 6.04. The number of halogens is 1. The standard InChI is InChI=1S/C26H19FN4O4/c27-18-5-9-20(10-6-18)31-12-1-2-21(26(31)33)25(32)30-19-7-3-16(4-8-19)15-35-23-22-17(11-13-34-22)14-29-24(23)28/h1-14H,15H2,(H2,28,29)(H,30,32). The lowest BCUT2D eigenvalue weighted by Gasteiger charge is -2.10. The number of nitrogens with two attached hydrogens (primary N) is 1. The van der Waals surface area contributed by atoms with Crippen LogP contribution in [0, 0.1) is 5.82 Å². The second kappa shape index (κ2) is 9.14. The fourth-order valence-corrected chi connectivity index (χ4v) is 3.57. The van der Waals surface area contributed by atoms with Crippen LogP contribution in [0.1, 0.15) is 15.9 Å². The number of hydrogen-bond acceptors (Lipinski definition) is 6. The van der Waals surface area contributed by atoms with Crippen LogP contribution in [0.15, 0.2) is 94.6 Å². The number of pyridine rings is 2. The van der Waals surface area contributed by atoms with Gasteiger partial charge < -0.3 is 20.2 Å². The monoisotopic (exact) mass is 470 g/mol. The first-order chi connectivity index (χ1) is 17.0. The molecule has 1 amide bonds. The molecule has 9 heteroatoms. The van der Waals surface area contributed by atoms with E-state index in [1.807, 2.05) is 0 Å². The number of hydrogen-bond donors (Lipinski definition) is 2. The minimum atomic E-state index is -0.557. The number of carbonyl (C=O) groups is 1. The van der Waals surface area contributed by atoms with Gasteiger partial charge in [0.1, 0.15) is 18.0 Å². The van der Waals surface area contributed by atoms with Crippen LogP contribution < -0.4 is 21.3 Å². The zero-order valence-electron chi connectivity index (χ0n) is 18.3. The van der Waals surface area contributed by atoms with Crippen molar-refractivity contribution in [3.8, 4) is 11.4 Å². The van der Waals surface area contributed by atoms with E-state index in [0.29, 0.717) is 22.7 Å². The molecule has 0 bridgehead atoms. The molecule has 0 aliphatic carbocycles. The summed E-state index contributed by atoms with van der Waals surface area (Å²) >= 11 is 0. The Morgan fingerprint density at radius 3 is 2.63 bits per heavy atom. The van der Waals surface area contributed by atoms with Gasteiger partial charge >= 0.3 is 0 Å². The molecule has 3 heterocycles. The van der Waals surface area contributed by atoms with Gasteiger partial charge in [0.15, 0.2) is 11.4 Å². The third-order valence-corrected chi connectivity index (χ3v) is 5.37. The largest absolute Gasteiger partial charge is 0.482 e. The zero-order chi connectivity index (χ0) is 24.4. The first kappa shape index (κ1) is 21.9. The Morgan fingerprint density at radius 1 is 1.09 bits per heavy atom. The van der Waals surface area contributed by atoms with E-state index in [1.165, 1.54) is 47.4 Å². The number of aromatic nitrogens is 2. The Morgan fingerprint density at radius 2 is 1.86 bits per heavy atom. The van der Waals surface area contributed by atoms with Crippen LogP contribution in [0.4, 0.5) is 15.9 Å². The van der Waals surface area contributed by atoms with Gasteiger partial charge in [-0.05, 0) is 60.2 Å². The molecular weight excluding hydrogens is 451 g/mol. The topological polar surface area (TPSA) is 112 Å². The van der Waals surface area contributed by atoms with Crippen molar-refractivity contribution in [3.63, 3.8) is 0 Å². The Bertz CT molecular complexity index is 1570. The smallest absolute Gasteiger partial charge is 0.267 e. The average molecular weight is 470 g/mol. The number of anilines is 2. The van der Waals surface area contributed by atoms with Gasteiger partial charge in [-0.2, -0.15) is 0 Å². The first-order valence-corrected chi connectivity index (χ1v) is 10.6. The van der Waals surface area contributed by atoms with Gasteiger partial charge in [-0.1, -0.05) is 12.1 Å².